The van der Waals surface area contributed by atoms with Gasteiger partial charge in [-0.3, -0.25) is 4.99 Å². The van der Waals surface area contributed by atoms with Crippen molar-refractivity contribution in [3.63, 3.8) is 0 Å². The van der Waals surface area contributed by atoms with Gasteiger partial charge in [-0.05, 0) is 36.5 Å². The monoisotopic (exact) mass is 325 g/mol. The van der Waals surface area contributed by atoms with Crippen molar-refractivity contribution in [2.75, 3.05) is 19.3 Å². The third-order valence-corrected chi connectivity index (χ3v) is 6.29. The molecule has 1 aromatic heterocycles. The van der Waals surface area contributed by atoms with Gasteiger partial charge in [0.05, 0.1) is 0 Å². The van der Waals surface area contributed by atoms with E-state index in [1.807, 2.05) is 18.4 Å². The zero-order chi connectivity index (χ0) is 15.1. The van der Waals surface area contributed by atoms with E-state index in [2.05, 4.69) is 58.7 Å². The average molecular weight is 326 g/mol. The summed E-state index contributed by atoms with van der Waals surface area (Å²) >= 11 is 3.92. The first-order valence-electron chi connectivity index (χ1n) is 7.85. The van der Waals surface area contributed by atoms with Crippen LogP contribution in [0.25, 0.3) is 0 Å². The summed E-state index contributed by atoms with van der Waals surface area (Å²) < 4.78 is 0. The molecule has 5 heteroatoms. The molecule has 1 saturated carbocycles. The molecular formula is C16H27N3S2. The van der Waals surface area contributed by atoms with E-state index in [9.17, 15) is 0 Å². The molecule has 118 valence electrons. The van der Waals surface area contributed by atoms with Crippen LogP contribution in [0.3, 0.4) is 0 Å². The number of hydrogen-bond donors (Lipinski definition) is 2. The number of rotatable bonds is 6. The minimum atomic E-state index is 0.524. The topological polar surface area (TPSA) is 36.4 Å². The number of nitrogens with one attached hydrogen (secondary N) is 2. The molecule has 1 heterocycles. The predicted octanol–water partition coefficient (Wildman–Crippen LogP) is 3.69. The summed E-state index contributed by atoms with van der Waals surface area (Å²) in [5, 5.41) is 10.0. The van der Waals surface area contributed by atoms with Gasteiger partial charge in [0.2, 0.25) is 0 Å². The minimum absolute atomic E-state index is 0.524. The van der Waals surface area contributed by atoms with Crippen LogP contribution < -0.4 is 10.6 Å². The van der Waals surface area contributed by atoms with E-state index < -0.39 is 0 Å². The molecule has 0 saturated heterocycles. The molecule has 21 heavy (non-hydrogen) atoms. The van der Waals surface area contributed by atoms with Gasteiger partial charge in [0.25, 0.3) is 0 Å². The number of aliphatic imine (C=N–C) groups is 1. The second-order valence-corrected chi connectivity index (χ2v) is 8.16. The smallest absolute Gasteiger partial charge is 0.191 e. The molecule has 3 atom stereocenters. The summed E-state index contributed by atoms with van der Waals surface area (Å²) in [4.78, 5) is 5.80. The molecule has 2 rings (SSSR count). The Balaban J connectivity index is 1.74. The fourth-order valence-corrected chi connectivity index (χ4v) is 4.70. The van der Waals surface area contributed by atoms with Gasteiger partial charge in [-0.15, -0.1) is 11.3 Å². The van der Waals surface area contributed by atoms with Crippen LogP contribution in [0.2, 0.25) is 0 Å². The average Bonchev–Trinajstić information content (AvgIpc) is 3.15. The SMILES string of the molecule is CCSC1CCC(NC(=NC)NCC(C)c2cccs2)C1. The Morgan fingerprint density at radius 1 is 1.52 bits per heavy atom. The van der Waals surface area contributed by atoms with Gasteiger partial charge in [-0.25, -0.2) is 0 Å². The Kier molecular flexibility index (Phi) is 6.90. The number of hydrogen-bond acceptors (Lipinski definition) is 3. The third-order valence-electron chi connectivity index (χ3n) is 3.96. The molecule has 2 N–H and O–H groups in total. The van der Waals surface area contributed by atoms with Gasteiger partial charge in [0, 0.05) is 35.7 Å². The highest BCUT2D eigenvalue weighted by atomic mass is 32.2. The Hall–Kier alpha value is -0.680. The van der Waals surface area contributed by atoms with Crippen molar-refractivity contribution in [3.05, 3.63) is 22.4 Å². The van der Waals surface area contributed by atoms with Crippen LogP contribution in [0.15, 0.2) is 22.5 Å². The number of thiophene rings is 1. The maximum absolute atomic E-state index is 4.37. The van der Waals surface area contributed by atoms with Crippen LogP contribution in [0.5, 0.6) is 0 Å². The van der Waals surface area contributed by atoms with Gasteiger partial charge in [-0.2, -0.15) is 11.8 Å². The van der Waals surface area contributed by atoms with Gasteiger partial charge < -0.3 is 10.6 Å². The molecule has 1 aliphatic carbocycles. The summed E-state index contributed by atoms with van der Waals surface area (Å²) in [6.07, 6.45) is 3.86. The zero-order valence-corrected chi connectivity index (χ0v) is 14.9. The van der Waals surface area contributed by atoms with Crippen molar-refractivity contribution < 1.29 is 0 Å². The van der Waals surface area contributed by atoms with Gasteiger partial charge in [0.15, 0.2) is 5.96 Å². The fourth-order valence-electron chi connectivity index (χ4n) is 2.77. The maximum Gasteiger partial charge on any atom is 0.191 e. The van der Waals surface area contributed by atoms with Crippen LogP contribution in [0.4, 0.5) is 0 Å². The first kappa shape index (κ1) is 16.7. The number of thioether (sulfide) groups is 1. The van der Waals surface area contributed by atoms with E-state index in [4.69, 9.17) is 0 Å². The standard InChI is InChI=1S/C16H27N3S2/c1-4-20-14-8-7-13(10-14)19-16(17-3)18-11-12(2)15-6-5-9-21-15/h5-6,9,12-14H,4,7-8,10-11H2,1-3H3,(H2,17,18,19). The number of nitrogens with zero attached hydrogens (tertiary/aromatic N) is 1. The molecule has 0 amide bonds. The second kappa shape index (κ2) is 8.69. The van der Waals surface area contributed by atoms with Crippen LogP contribution in [-0.4, -0.2) is 36.6 Å². The van der Waals surface area contributed by atoms with E-state index in [0.29, 0.717) is 12.0 Å². The molecule has 3 nitrogen and oxygen atoms in total. The Morgan fingerprint density at radius 3 is 3.05 bits per heavy atom. The fraction of sp³-hybridized carbons (Fsp3) is 0.688. The van der Waals surface area contributed by atoms with Crippen LogP contribution in [-0.2, 0) is 0 Å². The lowest BCUT2D eigenvalue weighted by atomic mass is 10.1. The summed E-state index contributed by atoms with van der Waals surface area (Å²) in [6.45, 7) is 5.44. The third kappa shape index (κ3) is 5.22. The minimum Gasteiger partial charge on any atom is -0.356 e. The predicted molar refractivity (Wildman–Crippen MR) is 96.8 cm³/mol. The molecule has 0 aromatic carbocycles. The Morgan fingerprint density at radius 2 is 2.38 bits per heavy atom. The summed E-state index contributed by atoms with van der Waals surface area (Å²) in [5.41, 5.74) is 0. The largest absolute Gasteiger partial charge is 0.356 e. The van der Waals surface area contributed by atoms with Gasteiger partial charge >= 0.3 is 0 Å². The zero-order valence-electron chi connectivity index (χ0n) is 13.3. The summed E-state index contributed by atoms with van der Waals surface area (Å²) in [6, 6.07) is 4.90. The van der Waals surface area contributed by atoms with Crippen molar-refractivity contribution in [1.82, 2.24) is 10.6 Å². The normalized spacial score (nSPS) is 24.0. The van der Waals surface area contributed by atoms with E-state index >= 15 is 0 Å². The molecule has 0 spiro atoms. The van der Waals surface area contributed by atoms with Crippen molar-refractivity contribution in [3.8, 4) is 0 Å². The van der Waals surface area contributed by atoms with Crippen molar-refractivity contribution >= 4 is 29.1 Å². The van der Waals surface area contributed by atoms with Crippen LogP contribution >= 0.6 is 23.1 Å². The highest BCUT2D eigenvalue weighted by Crippen LogP contribution is 2.29. The van der Waals surface area contributed by atoms with Crippen LogP contribution in [0, 0.1) is 0 Å². The van der Waals surface area contributed by atoms with E-state index in [1.54, 1.807) is 0 Å². The lowest BCUT2D eigenvalue weighted by Crippen LogP contribution is -2.43. The lowest BCUT2D eigenvalue weighted by Gasteiger charge is -2.19. The summed E-state index contributed by atoms with van der Waals surface area (Å²) in [7, 11) is 1.86. The number of guanidine groups is 1. The molecule has 1 fully saturated rings. The molecular weight excluding hydrogens is 298 g/mol. The van der Waals surface area contributed by atoms with E-state index in [1.165, 1.54) is 29.9 Å². The second-order valence-electron chi connectivity index (χ2n) is 5.60. The van der Waals surface area contributed by atoms with Crippen LogP contribution in [0.1, 0.15) is 43.9 Å². The highest BCUT2D eigenvalue weighted by molar-refractivity contribution is 7.99. The Bertz CT molecular complexity index is 431. The molecule has 3 unspecified atom stereocenters. The van der Waals surface area contributed by atoms with Crippen molar-refractivity contribution in [1.29, 1.82) is 0 Å². The van der Waals surface area contributed by atoms with Gasteiger partial charge in [-0.1, -0.05) is 19.9 Å². The maximum atomic E-state index is 4.37. The first-order valence-corrected chi connectivity index (χ1v) is 9.78. The van der Waals surface area contributed by atoms with Gasteiger partial charge in [0.1, 0.15) is 0 Å². The molecule has 0 aliphatic heterocycles. The lowest BCUT2D eigenvalue weighted by molar-refractivity contribution is 0.607. The Labute approximate surface area is 137 Å². The molecule has 0 bridgehead atoms. The van der Waals surface area contributed by atoms with E-state index in [-0.39, 0.29) is 0 Å². The van der Waals surface area contributed by atoms with E-state index in [0.717, 1.165) is 17.8 Å². The quantitative estimate of drug-likeness (QED) is 0.618. The molecule has 0 radical (unpaired) electrons. The molecule has 1 aromatic rings. The molecule has 1 aliphatic rings. The van der Waals surface area contributed by atoms with Crippen molar-refractivity contribution in [2.45, 2.75) is 50.3 Å². The van der Waals surface area contributed by atoms with Crippen molar-refractivity contribution in [2.24, 2.45) is 4.99 Å². The summed E-state index contributed by atoms with van der Waals surface area (Å²) in [5.74, 6) is 2.70. The highest BCUT2D eigenvalue weighted by Gasteiger charge is 2.25. The first-order chi connectivity index (χ1) is 10.2.